The van der Waals surface area contributed by atoms with Gasteiger partial charge in [-0.15, -0.1) is 0 Å². The lowest BCUT2D eigenvalue weighted by Crippen LogP contribution is -2.41. The second kappa shape index (κ2) is 6.76. The second-order valence-corrected chi connectivity index (χ2v) is 8.62. The Kier molecular flexibility index (Phi) is 4.71. The molecule has 0 radical (unpaired) electrons. The smallest absolute Gasteiger partial charge is 0.251 e. The number of rotatable bonds is 4. The van der Waals surface area contributed by atoms with E-state index in [-0.39, 0.29) is 17.2 Å². The third-order valence-corrected chi connectivity index (χ3v) is 6.08. The van der Waals surface area contributed by atoms with E-state index in [4.69, 9.17) is 0 Å². The van der Waals surface area contributed by atoms with Gasteiger partial charge in [0.15, 0.2) is 0 Å². The molecule has 1 heterocycles. The average Bonchev–Trinajstić information content (AvgIpc) is 3.09. The van der Waals surface area contributed by atoms with Crippen molar-refractivity contribution in [1.82, 2.24) is 15.1 Å². The first-order chi connectivity index (χ1) is 11.4. The first-order valence-electron chi connectivity index (χ1n) is 8.03. The van der Waals surface area contributed by atoms with Gasteiger partial charge < -0.3 is 5.32 Å². The van der Waals surface area contributed by atoms with Crippen LogP contribution in [0.25, 0.3) is 5.69 Å². The van der Waals surface area contributed by atoms with Crippen molar-refractivity contribution in [2.24, 2.45) is 0 Å². The van der Waals surface area contributed by atoms with Crippen LogP contribution in [0.3, 0.4) is 0 Å². The van der Waals surface area contributed by atoms with Gasteiger partial charge in [-0.05, 0) is 43.5 Å². The fraction of sp³-hybridized carbons (Fsp3) is 0.412. The third-order valence-electron chi connectivity index (χ3n) is 4.44. The molecule has 1 aliphatic carbocycles. The minimum atomic E-state index is -3.06. The predicted octanol–water partition coefficient (Wildman–Crippen LogP) is 1.96. The number of carbonyl (C=O) groups excluding carboxylic acids is 1. The van der Waals surface area contributed by atoms with Gasteiger partial charge in [0.1, 0.15) is 9.84 Å². The third kappa shape index (κ3) is 3.84. The molecule has 1 aromatic carbocycles. The number of aromatic nitrogens is 2. The van der Waals surface area contributed by atoms with E-state index in [2.05, 4.69) is 10.4 Å². The maximum Gasteiger partial charge on any atom is 0.251 e. The highest BCUT2D eigenvalue weighted by molar-refractivity contribution is 7.91. The van der Waals surface area contributed by atoms with Crippen molar-refractivity contribution in [3.63, 3.8) is 0 Å². The van der Waals surface area contributed by atoms with Crippen molar-refractivity contribution in [3.05, 3.63) is 48.3 Å². The van der Waals surface area contributed by atoms with E-state index in [9.17, 15) is 13.2 Å². The zero-order valence-corrected chi connectivity index (χ0v) is 14.4. The number of carbonyl (C=O) groups is 1. The van der Waals surface area contributed by atoms with Crippen LogP contribution < -0.4 is 5.32 Å². The molecule has 1 amide bonds. The Hall–Kier alpha value is -2.15. The molecule has 2 aromatic rings. The number of hydrogen-bond donors (Lipinski definition) is 1. The maximum absolute atomic E-state index is 12.5. The number of benzene rings is 1. The van der Waals surface area contributed by atoms with Crippen LogP contribution in [-0.2, 0) is 9.84 Å². The molecule has 0 saturated heterocycles. The van der Waals surface area contributed by atoms with Crippen molar-refractivity contribution in [2.45, 2.75) is 37.0 Å². The van der Waals surface area contributed by atoms with Gasteiger partial charge in [0, 0.05) is 30.3 Å². The molecule has 0 aliphatic heterocycles. The minimum Gasteiger partial charge on any atom is -0.349 e. The Morgan fingerprint density at radius 1 is 1.29 bits per heavy atom. The summed E-state index contributed by atoms with van der Waals surface area (Å²) >= 11 is 0. The molecule has 128 valence electrons. The molecule has 0 unspecified atom stereocenters. The molecule has 3 rings (SSSR count). The van der Waals surface area contributed by atoms with Crippen LogP contribution in [0.2, 0.25) is 0 Å². The Morgan fingerprint density at radius 2 is 2.12 bits per heavy atom. The molecule has 2 atom stereocenters. The van der Waals surface area contributed by atoms with E-state index in [0.717, 1.165) is 18.5 Å². The van der Waals surface area contributed by atoms with Crippen LogP contribution in [0, 0.1) is 0 Å². The highest BCUT2D eigenvalue weighted by Gasteiger charge is 2.29. The summed E-state index contributed by atoms with van der Waals surface area (Å²) in [6, 6.07) is 8.94. The van der Waals surface area contributed by atoms with E-state index in [1.807, 2.05) is 24.4 Å². The molecule has 0 bridgehead atoms. The average molecular weight is 347 g/mol. The lowest BCUT2D eigenvalue weighted by molar-refractivity contribution is 0.0928. The zero-order valence-electron chi connectivity index (χ0n) is 13.6. The lowest BCUT2D eigenvalue weighted by Gasteiger charge is -2.28. The van der Waals surface area contributed by atoms with Crippen LogP contribution in [0.5, 0.6) is 0 Å². The van der Waals surface area contributed by atoms with Crippen molar-refractivity contribution in [2.75, 3.05) is 6.26 Å². The van der Waals surface area contributed by atoms with E-state index in [0.29, 0.717) is 18.4 Å². The van der Waals surface area contributed by atoms with E-state index < -0.39 is 9.84 Å². The van der Waals surface area contributed by atoms with Crippen LogP contribution in [0.4, 0.5) is 0 Å². The summed E-state index contributed by atoms with van der Waals surface area (Å²) in [4.78, 5) is 12.5. The Labute approximate surface area is 141 Å². The van der Waals surface area contributed by atoms with Crippen molar-refractivity contribution in [3.8, 4) is 5.69 Å². The fourth-order valence-corrected chi connectivity index (χ4v) is 4.32. The molecule has 1 aromatic heterocycles. The minimum absolute atomic E-state index is 0.0978. The number of hydrogen-bond acceptors (Lipinski definition) is 4. The van der Waals surface area contributed by atoms with E-state index in [1.165, 1.54) is 6.26 Å². The summed E-state index contributed by atoms with van der Waals surface area (Å²) in [6.07, 6.45) is 7.57. The quantitative estimate of drug-likeness (QED) is 0.917. The Morgan fingerprint density at radius 3 is 2.83 bits per heavy atom. The number of nitrogens with one attached hydrogen (secondary N) is 1. The van der Waals surface area contributed by atoms with Gasteiger partial charge >= 0.3 is 0 Å². The summed E-state index contributed by atoms with van der Waals surface area (Å²) in [5, 5.41) is 6.78. The molecule has 1 aliphatic rings. The number of nitrogens with zero attached hydrogens (tertiary/aromatic N) is 2. The highest BCUT2D eigenvalue weighted by Crippen LogP contribution is 2.24. The SMILES string of the molecule is CS(=O)(=O)[C@@H]1CCC[C@@H](NC(=O)c2cccc(-n3cccn3)c2)C1. The van der Waals surface area contributed by atoms with Gasteiger partial charge in [0.25, 0.3) is 5.91 Å². The molecular weight excluding hydrogens is 326 g/mol. The summed E-state index contributed by atoms with van der Waals surface area (Å²) in [5.41, 5.74) is 1.36. The molecular formula is C17H21N3O3S. The molecule has 0 spiro atoms. The molecule has 1 fully saturated rings. The normalized spacial score (nSPS) is 21.4. The van der Waals surface area contributed by atoms with Gasteiger partial charge in [0.05, 0.1) is 10.9 Å². The molecule has 24 heavy (non-hydrogen) atoms. The highest BCUT2D eigenvalue weighted by atomic mass is 32.2. The zero-order chi connectivity index (χ0) is 17.2. The first-order valence-corrected chi connectivity index (χ1v) is 9.99. The summed E-state index contributed by atoms with van der Waals surface area (Å²) in [7, 11) is -3.06. The molecule has 6 nitrogen and oxygen atoms in total. The van der Waals surface area contributed by atoms with Crippen LogP contribution >= 0.6 is 0 Å². The van der Waals surface area contributed by atoms with Crippen molar-refractivity contribution >= 4 is 15.7 Å². The Balaban J connectivity index is 1.70. The summed E-state index contributed by atoms with van der Waals surface area (Å²) in [5.74, 6) is -0.178. The molecule has 1 saturated carbocycles. The van der Waals surface area contributed by atoms with Gasteiger partial charge in [-0.3, -0.25) is 4.79 Å². The van der Waals surface area contributed by atoms with Gasteiger partial charge in [0.2, 0.25) is 0 Å². The summed E-state index contributed by atoms with van der Waals surface area (Å²) in [6.45, 7) is 0. The first kappa shape index (κ1) is 16.7. The van der Waals surface area contributed by atoms with E-state index >= 15 is 0 Å². The largest absolute Gasteiger partial charge is 0.349 e. The Bertz CT molecular complexity index is 815. The molecule has 7 heteroatoms. The second-order valence-electron chi connectivity index (χ2n) is 6.29. The monoisotopic (exact) mass is 347 g/mol. The van der Waals surface area contributed by atoms with Gasteiger partial charge in [-0.25, -0.2) is 13.1 Å². The van der Waals surface area contributed by atoms with E-state index in [1.54, 1.807) is 23.0 Å². The maximum atomic E-state index is 12.5. The topological polar surface area (TPSA) is 81.1 Å². The fourth-order valence-electron chi connectivity index (χ4n) is 3.14. The summed E-state index contributed by atoms with van der Waals surface area (Å²) < 4.78 is 25.2. The van der Waals surface area contributed by atoms with Crippen molar-refractivity contribution in [1.29, 1.82) is 0 Å². The standard InChI is InChI=1S/C17H21N3O3S/c1-24(22,23)16-8-3-6-14(12-16)19-17(21)13-5-2-7-15(11-13)20-10-4-9-18-20/h2,4-5,7,9-11,14,16H,3,6,8,12H2,1H3,(H,19,21)/t14-,16-/m1/s1. The number of sulfone groups is 1. The lowest BCUT2D eigenvalue weighted by atomic mass is 9.94. The van der Waals surface area contributed by atoms with Crippen LogP contribution in [-0.4, -0.2) is 41.7 Å². The molecule has 1 N–H and O–H groups in total. The van der Waals surface area contributed by atoms with Crippen molar-refractivity contribution < 1.29 is 13.2 Å². The van der Waals surface area contributed by atoms with Crippen LogP contribution in [0.15, 0.2) is 42.7 Å². The van der Waals surface area contributed by atoms with Gasteiger partial charge in [-0.2, -0.15) is 5.10 Å². The van der Waals surface area contributed by atoms with Gasteiger partial charge in [-0.1, -0.05) is 12.5 Å². The van der Waals surface area contributed by atoms with Crippen LogP contribution in [0.1, 0.15) is 36.0 Å². The number of amides is 1. The predicted molar refractivity (Wildman–Crippen MR) is 91.9 cm³/mol.